The highest BCUT2D eigenvalue weighted by Gasteiger charge is 2.39. The van der Waals surface area contributed by atoms with Gasteiger partial charge in [0.15, 0.2) is 11.5 Å². The molecule has 2 unspecified atom stereocenters. The fraction of sp³-hybridized carbons (Fsp3) is 0.619. The Balaban J connectivity index is 1.60. The first-order valence-electron chi connectivity index (χ1n) is 10.2. The molecule has 0 spiro atoms. The van der Waals surface area contributed by atoms with Crippen LogP contribution in [0.25, 0.3) is 0 Å². The lowest BCUT2D eigenvalue weighted by Crippen LogP contribution is -2.54. The Labute approximate surface area is 193 Å². The fourth-order valence-electron chi connectivity index (χ4n) is 3.75. The van der Waals surface area contributed by atoms with Crippen molar-refractivity contribution >= 4 is 45.9 Å². The summed E-state index contributed by atoms with van der Waals surface area (Å²) in [6.07, 6.45) is 1.80. The molecule has 0 aliphatic carbocycles. The van der Waals surface area contributed by atoms with Crippen molar-refractivity contribution in [3.05, 3.63) is 23.8 Å². The average molecular weight is 476 g/mol. The van der Waals surface area contributed by atoms with Gasteiger partial charge in [-0.25, -0.2) is 4.99 Å². The molecule has 0 saturated carbocycles. The molecule has 1 saturated heterocycles. The molecule has 0 amide bonds. The zero-order valence-electron chi connectivity index (χ0n) is 17.6. The molecule has 30 heavy (non-hydrogen) atoms. The minimum absolute atomic E-state index is 0.0188. The molecule has 0 bridgehead atoms. The summed E-state index contributed by atoms with van der Waals surface area (Å²) in [6, 6.07) is 6.28. The smallest absolute Gasteiger partial charge is 0.201 e. The van der Waals surface area contributed by atoms with E-state index in [1.54, 1.807) is 7.11 Å². The number of benzene rings is 1. The van der Waals surface area contributed by atoms with Gasteiger partial charge in [0.05, 0.1) is 13.7 Å². The number of nitrogens with zero attached hydrogens (tertiary/aromatic N) is 3. The Morgan fingerprint density at radius 2 is 1.90 bits per heavy atom. The Morgan fingerprint density at radius 3 is 2.53 bits per heavy atom. The van der Waals surface area contributed by atoms with Crippen LogP contribution >= 0.6 is 34.8 Å². The third-order valence-electron chi connectivity index (χ3n) is 5.35. The van der Waals surface area contributed by atoms with Crippen molar-refractivity contribution < 1.29 is 9.47 Å². The standard InChI is InChI=1S/C21H29Cl3N4O2/c1-13(2)12-30-17-10-14(4-5-16(17)29-3)11-27-8-6-15(7-9-27)28-19(23)18(22)20(25)26-21(28)24/h4-5,10,13,15,18-19,25H,6-9,11-12H2,1-3H3. The number of amidine groups is 2. The summed E-state index contributed by atoms with van der Waals surface area (Å²) in [7, 11) is 1.66. The van der Waals surface area contributed by atoms with Gasteiger partial charge in [-0.2, -0.15) is 0 Å². The molecule has 3 rings (SSSR count). The van der Waals surface area contributed by atoms with Crippen molar-refractivity contribution in [1.82, 2.24) is 9.80 Å². The van der Waals surface area contributed by atoms with Crippen LogP contribution in [0, 0.1) is 11.3 Å². The molecule has 0 radical (unpaired) electrons. The van der Waals surface area contributed by atoms with Gasteiger partial charge in [0.25, 0.3) is 0 Å². The Kier molecular flexibility index (Phi) is 8.13. The molecule has 1 fully saturated rings. The van der Waals surface area contributed by atoms with E-state index in [2.05, 4.69) is 35.9 Å². The zero-order chi connectivity index (χ0) is 21.8. The maximum atomic E-state index is 7.77. The monoisotopic (exact) mass is 474 g/mol. The molecule has 6 nitrogen and oxygen atoms in total. The highest BCUT2D eigenvalue weighted by atomic mass is 35.5. The van der Waals surface area contributed by atoms with Crippen LogP contribution in [0.3, 0.4) is 0 Å². The molecule has 1 aromatic carbocycles. The minimum atomic E-state index is -0.657. The van der Waals surface area contributed by atoms with E-state index in [-0.39, 0.29) is 17.2 Å². The van der Waals surface area contributed by atoms with Gasteiger partial charge in [0.1, 0.15) is 16.7 Å². The summed E-state index contributed by atoms with van der Waals surface area (Å²) in [6.45, 7) is 7.56. The van der Waals surface area contributed by atoms with Crippen molar-refractivity contribution in [1.29, 1.82) is 5.41 Å². The first kappa shape index (κ1) is 23.5. The van der Waals surface area contributed by atoms with Crippen LogP contribution < -0.4 is 9.47 Å². The van der Waals surface area contributed by atoms with Gasteiger partial charge in [0, 0.05) is 25.7 Å². The second-order valence-corrected chi connectivity index (χ2v) is 9.40. The summed E-state index contributed by atoms with van der Waals surface area (Å²) < 4.78 is 11.4. The molecule has 2 heterocycles. The van der Waals surface area contributed by atoms with E-state index < -0.39 is 10.9 Å². The average Bonchev–Trinajstić information content (AvgIpc) is 2.72. The second kappa shape index (κ2) is 10.4. The van der Waals surface area contributed by atoms with Crippen molar-refractivity contribution in [3.63, 3.8) is 0 Å². The van der Waals surface area contributed by atoms with Crippen LogP contribution in [0.15, 0.2) is 23.2 Å². The topological polar surface area (TPSA) is 61.2 Å². The predicted octanol–water partition coefficient (Wildman–Crippen LogP) is 4.75. The summed E-state index contributed by atoms with van der Waals surface area (Å²) in [5.41, 5.74) is 0.637. The highest BCUT2D eigenvalue weighted by molar-refractivity contribution is 6.66. The Bertz CT molecular complexity index is 782. The van der Waals surface area contributed by atoms with E-state index >= 15 is 0 Å². The number of ether oxygens (including phenoxy) is 2. The van der Waals surface area contributed by atoms with Gasteiger partial charge in [-0.3, -0.25) is 10.3 Å². The maximum Gasteiger partial charge on any atom is 0.201 e. The molecular formula is C21H29Cl3N4O2. The summed E-state index contributed by atoms with van der Waals surface area (Å²) in [5, 5.41) is 7.38. The van der Waals surface area contributed by atoms with Crippen molar-refractivity contribution in [2.75, 3.05) is 26.8 Å². The number of nitrogens with one attached hydrogen (secondary N) is 1. The van der Waals surface area contributed by atoms with E-state index in [1.807, 2.05) is 11.0 Å². The Hall–Kier alpha value is -1.21. The summed E-state index contributed by atoms with van der Waals surface area (Å²) in [4.78, 5) is 8.32. The van der Waals surface area contributed by atoms with Gasteiger partial charge >= 0.3 is 0 Å². The molecule has 9 heteroatoms. The lowest BCUT2D eigenvalue weighted by atomic mass is 10.0. The van der Waals surface area contributed by atoms with E-state index in [0.29, 0.717) is 12.5 Å². The highest BCUT2D eigenvalue weighted by Crippen LogP contribution is 2.32. The van der Waals surface area contributed by atoms with Crippen molar-refractivity contribution in [3.8, 4) is 11.5 Å². The molecule has 2 aliphatic rings. The second-order valence-electron chi connectivity index (χ2n) is 8.15. The normalized spacial score (nSPS) is 23.6. The van der Waals surface area contributed by atoms with Gasteiger partial charge in [-0.15, -0.1) is 11.6 Å². The van der Waals surface area contributed by atoms with E-state index in [1.165, 1.54) is 5.56 Å². The first-order chi connectivity index (χ1) is 14.3. The number of aliphatic imine (C=N–C) groups is 1. The lowest BCUT2D eigenvalue weighted by Gasteiger charge is -2.43. The van der Waals surface area contributed by atoms with E-state index in [0.717, 1.165) is 44.0 Å². The van der Waals surface area contributed by atoms with Crippen LogP contribution in [0.2, 0.25) is 0 Å². The molecule has 2 atom stereocenters. The van der Waals surface area contributed by atoms with Crippen LogP contribution in [-0.4, -0.2) is 64.7 Å². The molecule has 0 aromatic heterocycles. The number of methoxy groups -OCH3 is 1. The maximum absolute atomic E-state index is 7.77. The minimum Gasteiger partial charge on any atom is -0.493 e. The summed E-state index contributed by atoms with van der Waals surface area (Å²) in [5.74, 6) is 2.01. The van der Waals surface area contributed by atoms with Gasteiger partial charge in [-0.05, 0) is 48.1 Å². The molecule has 1 N–H and O–H groups in total. The predicted molar refractivity (Wildman–Crippen MR) is 124 cm³/mol. The largest absolute Gasteiger partial charge is 0.493 e. The number of likely N-dealkylation sites (tertiary alicyclic amines) is 1. The summed E-state index contributed by atoms with van der Waals surface area (Å²) >= 11 is 19.0. The van der Waals surface area contributed by atoms with E-state index in [9.17, 15) is 0 Å². The fourth-order valence-corrected chi connectivity index (χ4v) is 4.67. The number of hydrogen-bond acceptors (Lipinski definition) is 5. The first-order valence-corrected chi connectivity index (χ1v) is 11.5. The van der Waals surface area contributed by atoms with Gasteiger partial charge in [0.2, 0.25) is 5.29 Å². The van der Waals surface area contributed by atoms with Gasteiger partial charge in [-0.1, -0.05) is 31.5 Å². The molecule has 166 valence electrons. The number of piperidine rings is 1. The third kappa shape index (κ3) is 5.52. The van der Waals surface area contributed by atoms with Gasteiger partial charge < -0.3 is 14.4 Å². The van der Waals surface area contributed by atoms with Crippen molar-refractivity contribution in [2.45, 2.75) is 50.2 Å². The number of hydrogen-bond donors (Lipinski definition) is 1. The SMILES string of the molecule is COc1ccc(CN2CCC(N3C(Cl)=NC(=N)C(Cl)C3Cl)CC2)cc1OCC(C)C. The number of rotatable bonds is 7. The van der Waals surface area contributed by atoms with Crippen molar-refractivity contribution in [2.24, 2.45) is 10.9 Å². The lowest BCUT2D eigenvalue weighted by molar-refractivity contribution is 0.143. The quantitative estimate of drug-likeness (QED) is 0.456. The molecular weight excluding hydrogens is 447 g/mol. The molecule has 2 aliphatic heterocycles. The Morgan fingerprint density at radius 1 is 1.20 bits per heavy atom. The van der Waals surface area contributed by atoms with E-state index in [4.69, 9.17) is 49.7 Å². The van der Waals surface area contributed by atoms with Crippen LogP contribution in [-0.2, 0) is 6.54 Å². The number of alkyl halides is 2. The zero-order valence-corrected chi connectivity index (χ0v) is 19.8. The number of halogens is 3. The van der Waals surface area contributed by atoms with Crippen LogP contribution in [0.4, 0.5) is 0 Å². The van der Waals surface area contributed by atoms with Crippen LogP contribution in [0.5, 0.6) is 11.5 Å². The van der Waals surface area contributed by atoms with Crippen LogP contribution in [0.1, 0.15) is 32.3 Å². The molecule has 1 aromatic rings. The third-order valence-corrected chi connectivity index (χ3v) is 6.67.